The Kier molecular flexibility index (Phi) is 4.00. The first-order chi connectivity index (χ1) is 9.92. The third kappa shape index (κ3) is 3.07. The maximum Gasteiger partial charge on any atom is 0.314 e. The Morgan fingerprint density at radius 2 is 2.00 bits per heavy atom. The molecule has 0 atom stereocenters. The van der Waals surface area contributed by atoms with Crippen LogP contribution in [0.15, 0.2) is 30.3 Å². The quantitative estimate of drug-likeness (QED) is 0.461. The van der Waals surface area contributed by atoms with Crippen LogP contribution in [0.3, 0.4) is 0 Å². The molecule has 0 fully saturated rings. The molecule has 0 unspecified atom stereocenters. The van der Waals surface area contributed by atoms with Crippen LogP contribution in [0.4, 0.5) is 20.2 Å². The van der Waals surface area contributed by atoms with Crippen molar-refractivity contribution in [2.75, 3.05) is 0 Å². The molecule has 0 saturated carbocycles. The Labute approximate surface area is 122 Å². The summed E-state index contributed by atoms with van der Waals surface area (Å²) in [6.07, 6.45) is 0. The number of halogens is 3. The SMILES string of the molecule is [C-]#[N+]c1cc(Cl)cc(Oc2c([N+](=O)[O-])ccc(F)c2F)c1. The number of nitro groups is 1. The molecule has 0 spiro atoms. The second-order valence-electron chi connectivity index (χ2n) is 3.83. The number of ether oxygens (including phenoxy) is 1. The summed E-state index contributed by atoms with van der Waals surface area (Å²) in [4.78, 5) is 13.0. The largest absolute Gasteiger partial charge is 0.448 e. The third-order valence-electron chi connectivity index (χ3n) is 2.43. The highest BCUT2D eigenvalue weighted by molar-refractivity contribution is 6.31. The lowest BCUT2D eigenvalue weighted by molar-refractivity contribution is -0.385. The van der Waals surface area contributed by atoms with Crippen molar-refractivity contribution in [3.05, 3.63) is 68.5 Å². The van der Waals surface area contributed by atoms with Gasteiger partial charge in [0.05, 0.1) is 11.5 Å². The predicted molar refractivity (Wildman–Crippen MR) is 70.8 cm³/mol. The first-order valence-corrected chi connectivity index (χ1v) is 5.78. The van der Waals surface area contributed by atoms with Crippen LogP contribution >= 0.6 is 11.6 Å². The molecular weight excluding hydrogens is 306 g/mol. The molecule has 0 bridgehead atoms. The summed E-state index contributed by atoms with van der Waals surface area (Å²) in [5.74, 6) is -3.77. The van der Waals surface area contributed by atoms with Gasteiger partial charge in [-0.25, -0.2) is 9.24 Å². The maximum atomic E-state index is 13.7. The molecule has 0 heterocycles. The zero-order valence-corrected chi connectivity index (χ0v) is 10.9. The Bertz CT molecular complexity index is 775. The average Bonchev–Trinajstić information content (AvgIpc) is 2.43. The van der Waals surface area contributed by atoms with Crippen molar-refractivity contribution in [2.45, 2.75) is 0 Å². The Hall–Kier alpha value is -2.72. The van der Waals surface area contributed by atoms with E-state index in [1.165, 1.54) is 18.2 Å². The van der Waals surface area contributed by atoms with Crippen molar-refractivity contribution in [1.29, 1.82) is 0 Å². The fourth-order valence-corrected chi connectivity index (χ4v) is 1.77. The smallest absolute Gasteiger partial charge is 0.314 e. The van der Waals surface area contributed by atoms with Crippen molar-refractivity contribution < 1.29 is 18.4 Å². The van der Waals surface area contributed by atoms with Crippen LogP contribution in [0.2, 0.25) is 5.02 Å². The molecule has 2 aromatic carbocycles. The average molecular weight is 311 g/mol. The Morgan fingerprint density at radius 3 is 2.62 bits per heavy atom. The Balaban J connectivity index is 2.54. The zero-order chi connectivity index (χ0) is 15.6. The first-order valence-electron chi connectivity index (χ1n) is 5.40. The highest BCUT2D eigenvalue weighted by Gasteiger charge is 2.24. The van der Waals surface area contributed by atoms with E-state index < -0.39 is 28.0 Å². The topological polar surface area (TPSA) is 56.7 Å². The van der Waals surface area contributed by atoms with Gasteiger partial charge in [0.1, 0.15) is 5.75 Å². The van der Waals surface area contributed by atoms with Gasteiger partial charge in [-0.2, -0.15) is 4.39 Å². The van der Waals surface area contributed by atoms with Gasteiger partial charge in [-0.15, -0.1) is 0 Å². The molecule has 21 heavy (non-hydrogen) atoms. The van der Waals surface area contributed by atoms with Crippen LogP contribution in [0.5, 0.6) is 11.5 Å². The van der Waals surface area contributed by atoms with Crippen molar-refractivity contribution in [3.8, 4) is 11.5 Å². The van der Waals surface area contributed by atoms with Gasteiger partial charge in [-0.05, 0) is 24.3 Å². The normalized spacial score (nSPS) is 10.0. The maximum absolute atomic E-state index is 13.7. The lowest BCUT2D eigenvalue weighted by Crippen LogP contribution is -1.98. The Morgan fingerprint density at radius 1 is 1.29 bits per heavy atom. The van der Waals surface area contributed by atoms with E-state index in [4.69, 9.17) is 22.9 Å². The van der Waals surface area contributed by atoms with Gasteiger partial charge in [0.15, 0.2) is 11.5 Å². The molecule has 5 nitrogen and oxygen atoms in total. The van der Waals surface area contributed by atoms with E-state index in [2.05, 4.69) is 4.85 Å². The van der Waals surface area contributed by atoms with E-state index in [-0.39, 0.29) is 16.5 Å². The summed E-state index contributed by atoms with van der Waals surface area (Å²) >= 11 is 5.74. The van der Waals surface area contributed by atoms with Crippen molar-refractivity contribution >= 4 is 23.0 Å². The number of benzene rings is 2. The molecule has 2 aromatic rings. The van der Waals surface area contributed by atoms with Crippen LogP contribution in [-0.4, -0.2) is 4.92 Å². The van der Waals surface area contributed by atoms with Crippen LogP contribution < -0.4 is 4.74 Å². The first kappa shape index (κ1) is 14.7. The molecule has 0 aliphatic carbocycles. The van der Waals surface area contributed by atoms with Gasteiger partial charge >= 0.3 is 5.69 Å². The second kappa shape index (κ2) is 5.73. The van der Waals surface area contributed by atoms with Crippen LogP contribution in [-0.2, 0) is 0 Å². The monoisotopic (exact) mass is 310 g/mol. The van der Waals surface area contributed by atoms with Crippen LogP contribution in [0.25, 0.3) is 4.85 Å². The van der Waals surface area contributed by atoms with E-state index in [1.54, 1.807) is 0 Å². The van der Waals surface area contributed by atoms with Crippen LogP contribution in [0, 0.1) is 28.3 Å². The molecule has 0 aromatic heterocycles. The van der Waals surface area contributed by atoms with Crippen molar-refractivity contribution in [3.63, 3.8) is 0 Å². The van der Waals surface area contributed by atoms with Gasteiger partial charge in [0, 0.05) is 11.1 Å². The summed E-state index contributed by atoms with van der Waals surface area (Å²) in [6, 6.07) is 5.17. The third-order valence-corrected chi connectivity index (χ3v) is 2.65. The summed E-state index contributed by atoms with van der Waals surface area (Å²) in [5, 5.41) is 11.0. The van der Waals surface area contributed by atoms with Gasteiger partial charge < -0.3 is 4.74 Å². The standard InChI is InChI=1S/C13H5ClF2N2O3/c1-17-8-4-7(14)5-9(6-8)21-13-11(18(19)20)3-2-10(15)12(13)16/h2-6H. The number of hydrogen-bond donors (Lipinski definition) is 0. The molecule has 2 rings (SSSR count). The summed E-state index contributed by atoms with van der Waals surface area (Å²) in [6.45, 7) is 6.87. The number of nitro benzene ring substituents is 1. The molecule has 0 N–H and O–H groups in total. The zero-order valence-electron chi connectivity index (χ0n) is 10.1. The van der Waals surface area contributed by atoms with Gasteiger partial charge in [0.2, 0.25) is 11.6 Å². The van der Waals surface area contributed by atoms with Crippen molar-refractivity contribution in [1.82, 2.24) is 0 Å². The minimum atomic E-state index is -1.49. The van der Waals surface area contributed by atoms with E-state index >= 15 is 0 Å². The number of rotatable bonds is 3. The van der Waals surface area contributed by atoms with Crippen LogP contribution in [0.1, 0.15) is 0 Å². The van der Waals surface area contributed by atoms with E-state index in [0.717, 1.165) is 6.07 Å². The van der Waals surface area contributed by atoms with Gasteiger partial charge in [-0.3, -0.25) is 10.1 Å². The van der Waals surface area contributed by atoms with E-state index in [9.17, 15) is 18.9 Å². The molecule has 106 valence electrons. The minimum Gasteiger partial charge on any atom is -0.448 e. The summed E-state index contributed by atoms with van der Waals surface area (Å²) in [5.41, 5.74) is -0.643. The fraction of sp³-hybridized carbons (Fsp3) is 0. The molecule has 0 radical (unpaired) electrons. The summed E-state index contributed by atoms with van der Waals surface area (Å²) < 4.78 is 31.9. The van der Waals surface area contributed by atoms with Gasteiger partial charge in [-0.1, -0.05) is 11.6 Å². The molecule has 0 aliphatic heterocycles. The lowest BCUT2D eigenvalue weighted by atomic mass is 10.2. The lowest BCUT2D eigenvalue weighted by Gasteiger charge is -2.08. The molecule has 0 aliphatic rings. The highest BCUT2D eigenvalue weighted by atomic mass is 35.5. The highest BCUT2D eigenvalue weighted by Crippen LogP contribution is 2.37. The molecule has 0 amide bonds. The summed E-state index contributed by atoms with van der Waals surface area (Å²) in [7, 11) is 0. The molecule has 8 heteroatoms. The van der Waals surface area contributed by atoms with E-state index in [0.29, 0.717) is 6.07 Å². The molecule has 0 saturated heterocycles. The fourth-order valence-electron chi connectivity index (χ4n) is 1.55. The number of hydrogen-bond acceptors (Lipinski definition) is 3. The van der Waals surface area contributed by atoms with Gasteiger partial charge in [0.25, 0.3) is 0 Å². The van der Waals surface area contributed by atoms with E-state index in [1.807, 2.05) is 0 Å². The predicted octanol–water partition coefficient (Wildman–Crippen LogP) is 4.87. The minimum absolute atomic E-state index is 0.0944. The molecular formula is C13H5ClF2N2O3. The van der Waals surface area contributed by atoms with Crippen molar-refractivity contribution in [2.24, 2.45) is 0 Å². The second-order valence-corrected chi connectivity index (χ2v) is 4.26. The number of nitrogens with zero attached hydrogens (tertiary/aromatic N) is 2.